The van der Waals surface area contributed by atoms with Crippen molar-refractivity contribution in [2.75, 3.05) is 7.11 Å². The summed E-state index contributed by atoms with van der Waals surface area (Å²) in [5, 5.41) is 15.1. The third-order valence-electron chi connectivity index (χ3n) is 5.53. The van der Waals surface area contributed by atoms with Crippen LogP contribution in [-0.2, 0) is 16.9 Å². The molecule has 0 aliphatic rings. The van der Waals surface area contributed by atoms with Crippen LogP contribution in [0.15, 0.2) is 72.8 Å². The van der Waals surface area contributed by atoms with Gasteiger partial charge in [-0.25, -0.2) is 13.9 Å². The maximum absolute atomic E-state index is 16.0. The van der Waals surface area contributed by atoms with Gasteiger partial charge in [-0.05, 0) is 49.4 Å². The summed E-state index contributed by atoms with van der Waals surface area (Å²) in [5.74, 6) is -0.909. The average molecular weight is 499 g/mol. The van der Waals surface area contributed by atoms with Crippen molar-refractivity contribution < 1.29 is 19.0 Å². The summed E-state index contributed by atoms with van der Waals surface area (Å²) in [6.07, 6.45) is -0.455. The number of nitrogens with zero attached hydrogens (tertiary/aromatic N) is 2. The van der Waals surface area contributed by atoms with Crippen LogP contribution in [0.25, 0.3) is 16.9 Å². The van der Waals surface area contributed by atoms with Crippen LogP contribution in [0.5, 0.6) is 5.75 Å². The number of alkyl halides is 1. The number of carbonyl (C=O) groups is 1. The molecule has 0 spiro atoms. The minimum absolute atomic E-state index is 0.0649. The fourth-order valence-electron chi connectivity index (χ4n) is 3.74. The molecular weight excluding hydrogens is 478 g/mol. The van der Waals surface area contributed by atoms with Crippen LogP contribution in [0.1, 0.15) is 16.8 Å². The molecule has 0 aliphatic heterocycles. The number of ether oxygens (including phenoxy) is 1. The molecule has 0 aliphatic carbocycles. The lowest BCUT2D eigenvalue weighted by molar-refractivity contribution is -0.151. The summed E-state index contributed by atoms with van der Waals surface area (Å²) < 4.78 is 22.8. The Bertz CT molecular complexity index is 1350. The molecule has 1 unspecified atom stereocenters. The molecule has 1 heterocycles. The van der Waals surface area contributed by atoms with Gasteiger partial charge in [0.2, 0.25) is 5.67 Å². The number of carboxylic acid groups (broad SMARTS) is 1. The van der Waals surface area contributed by atoms with Crippen LogP contribution in [0, 0.1) is 6.92 Å². The van der Waals surface area contributed by atoms with Crippen LogP contribution in [-0.4, -0.2) is 28.0 Å². The molecule has 0 bridgehead atoms. The summed E-state index contributed by atoms with van der Waals surface area (Å²) in [6.45, 7) is 1.78. The molecule has 0 fully saturated rings. The first-order chi connectivity index (χ1) is 16.2. The van der Waals surface area contributed by atoms with E-state index in [1.807, 2.05) is 0 Å². The topological polar surface area (TPSA) is 64.4 Å². The highest BCUT2D eigenvalue weighted by Crippen LogP contribution is 2.35. The van der Waals surface area contributed by atoms with E-state index in [0.717, 1.165) is 5.56 Å². The van der Waals surface area contributed by atoms with Crippen molar-refractivity contribution in [3.63, 3.8) is 0 Å². The molecule has 0 radical (unpaired) electrons. The van der Waals surface area contributed by atoms with Crippen molar-refractivity contribution in [1.82, 2.24) is 9.78 Å². The molecule has 0 saturated carbocycles. The molecule has 1 atom stereocenters. The van der Waals surface area contributed by atoms with Gasteiger partial charge < -0.3 is 9.84 Å². The SMILES string of the molecule is COc1ccc(-n2nc(CC(F)(C(=O)O)c3cccc(C)c3)cc2-c2ccc(Cl)c(Cl)c2)cc1. The standard InChI is InChI=1S/C26H21Cl2FN2O3/c1-16-4-3-5-18(12-16)26(29,25(32)33)15-19-14-24(17-6-11-22(27)23(28)13-17)31(30-19)20-7-9-21(34-2)10-8-20/h3-14H,15H2,1-2H3,(H,32,33). The third-order valence-corrected chi connectivity index (χ3v) is 6.27. The van der Waals surface area contributed by atoms with Crippen LogP contribution in [0.4, 0.5) is 4.39 Å². The van der Waals surface area contributed by atoms with Gasteiger partial charge >= 0.3 is 5.97 Å². The largest absolute Gasteiger partial charge is 0.497 e. The fourth-order valence-corrected chi connectivity index (χ4v) is 4.04. The number of halogens is 3. The van der Waals surface area contributed by atoms with Crippen LogP contribution >= 0.6 is 23.2 Å². The molecule has 3 aromatic carbocycles. The summed E-state index contributed by atoms with van der Waals surface area (Å²) in [7, 11) is 1.57. The molecule has 174 valence electrons. The van der Waals surface area contributed by atoms with Crippen molar-refractivity contribution >= 4 is 29.2 Å². The van der Waals surface area contributed by atoms with E-state index in [4.69, 9.17) is 27.9 Å². The molecule has 8 heteroatoms. The summed E-state index contributed by atoms with van der Waals surface area (Å²) >= 11 is 12.3. The van der Waals surface area contributed by atoms with Gasteiger partial charge in [-0.3, -0.25) is 0 Å². The zero-order chi connectivity index (χ0) is 24.5. The van der Waals surface area contributed by atoms with Gasteiger partial charge in [0.25, 0.3) is 0 Å². The first-order valence-corrected chi connectivity index (χ1v) is 11.1. The van der Waals surface area contributed by atoms with E-state index < -0.39 is 18.1 Å². The van der Waals surface area contributed by atoms with Gasteiger partial charge in [-0.15, -0.1) is 0 Å². The normalized spacial score (nSPS) is 12.9. The Labute approximate surface area is 206 Å². The Hall–Kier alpha value is -3.35. The molecule has 5 nitrogen and oxygen atoms in total. The Kier molecular flexibility index (Phi) is 6.64. The number of hydrogen-bond acceptors (Lipinski definition) is 3. The van der Waals surface area contributed by atoms with E-state index in [9.17, 15) is 9.90 Å². The van der Waals surface area contributed by atoms with E-state index in [-0.39, 0.29) is 11.3 Å². The first kappa shape index (κ1) is 23.8. The van der Waals surface area contributed by atoms with E-state index >= 15 is 4.39 Å². The monoisotopic (exact) mass is 498 g/mol. The Morgan fingerprint density at radius 2 is 1.79 bits per heavy atom. The maximum atomic E-state index is 16.0. The lowest BCUT2D eigenvalue weighted by atomic mass is 9.90. The first-order valence-electron chi connectivity index (χ1n) is 10.4. The number of methoxy groups -OCH3 is 1. The number of benzene rings is 3. The maximum Gasteiger partial charge on any atom is 0.346 e. The Morgan fingerprint density at radius 3 is 2.41 bits per heavy atom. The number of carboxylic acids is 1. The summed E-state index contributed by atoms with van der Waals surface area (Å²) in [6, 6.07) is 20.4. The Morgan fingerprint density at radius 1 is 1.06 bits per heavy atom. The lowest BCUT2D eigenvalue weighted by Crippen LogP contribution is -2.33. The fraction of sp³-hybridized carbons (Fsp3) is 0.154. The highest BCUT2D eigenvalue weighted by atomic mass is 35.5. The molecule has 0 saturated heterocycles. The smallest absolute Gasteiger partial charge is 0.346 e. The minimum Gasteiger partial charge on any atom is -0.497 e. The van der Waals surface area contributed by atoms with Crippen molar-refractivity contribution in [3.05, 3.63) is 99.7 Å². The van der Waals surface area contributed by atoms with E-state index in [0.29, 0.717) is 32.7 Å². The van der Waals surface area contributed by atoms with Crippen molar-refractivity contribution in [2.45, 2.75) is 19.0 Å². The minimum atomic E-state index is -2.65. The van der Waals surface area contributed by atoms with Gasteiger partial charge in [0, 0.05) is 17.5 Å². The van der Waals surface area contributed by atoms with Crippen molar-refractivity contribution in [1.29, 1.82) is 0 Å². The van der Waals surface area contributed by atoms with Gasteiger partial charge in [0.15, 0.2) is 0 Å². The predicted octanol–water partition coefficient (Wildman–Crippen LogP) is 6.66. The van der Waals surface area contributed by atoms with E-state index in [2.05, 4.69) is 5.10 Å². The van der Waals surface area contributed by atoms with Gasteiger partial charge in [-0.1, -0.05) is 59.1 Å². The second kappa shape index (κ2) is 9.49. The molecule has 1 N–H and O–H groups in total. The van der Waals surface area contributed by atoms with Crippen LogP contribution in [0.3, 0.4) is 0 Å². The number of aromatic nitrogens is 2. The number of aliphatic carboxylic acids is 1. The van der Waals surface area contributed by atoms with Crippen LogP contribution in [0.2, 0.25) is 10.0 Å². The quantitative estimate of drug-likeness (QED) is 0.309. The molecule has 4 rings (SSSR count). The number of rotatable bonds is 7. The molecular formula is C26H21Cl2FN2O3. The average Bonchev–Trinajstić information content (AvgIpc) is 3.24. The zero-order valence-electron chi connectivity index (χ0n) is 18.4. The molecule has 0 amide bonds. The van der Waals surface area contributed by atoms with E-state index in [1.165, 1.54) is 12.1 Å². The van der Waals surface area contributed by atoms with Crippen molar-refractivity contribution in [2.24, 2.45) is 0 Å². The van der Waals surface area contributed by atoms with Crippen molar-refractivity contribution in [3.8, 4) is 22.7 Å². The second-order valence-electron chi connectivity index (χ2n) is 7.91. The highest BCUT2D eigenvalue weighted by molar-refractivity contribution is 6.42. The predicted molar refractivity (Wildman–Crippen MR) is 131 cm³/mol. The highest BCUT2D eigenvalue weighted by Gasteiger charge is 2.42. The summed E-state index contributed by atoms with van der Waals surface area (Å²) in [5.41, 5.74) is 0.429. The molecule has 1 aromatic heterocycles. The van der Waals surface area contributed by atoms with Gasteiger partial charge in [0.1, 0.15) is 5.75 Å². The third kappa shape index (κ3) is 4.65. The van der Waals surface area contributed by atoms with E-state index in [1.54, 1.807) is 79.4 Å². The van der Waals surface area contributed by atoms with Gasteiger partial charge in [0.05, 0.1) is 34.2 Å². The number of aryl methyl sites for hydroxylation is 1. The second-order valence-corrected chi connectivity index (χ2v) is 8.73. The summed E-state index contributed by atoms with van der Waals surface area (Å²) in [4.78, 5) is 12.1. The van der Waals surface area contributed by atoms with Gasteiger partial charge in [-0.2, -0.15) is 5.10 Å². The Balaban J connectivity index is 1.83. The molecule has 34 heavy (non-hydrogen) atoms. The molecule has 4 aromatic rings. The zero-order valence-corrected chi connectivity index (χ0v) is 19.9. The lowest BCUT2D eigenvalue weighted by Gasteiger charge is -2.20. The van der Waals surface area contributed by atoms with Crippen LogP contribution < -0.4 is 4.74 Å². The number of hydrogen-bond donors (Lipinski definition) is 1.